The van der Waals surface area contributed by atoms with Crippen molar-refractivity contribution in [2.45, 2.75) is 76.9 Å². The van der Waals surface area contributed by atoms with Crippen LogP contribution in [0.1, 0.15) is 65.2 Å². The molecule has 2 fully saturated rings. The molecule has 0 aliphatic heterocycles. The Morgan fingerprint density at radius 2 is 1.88 bits per heavy atom. The van der Waals surface area contributed by atoms with Gasteiger partial charge in [-0.1, -0.05) is 46.0 Å². The second-order valence-corrected chi connectivity index (χ2v) is 6.36. The highest BCUT2D eigenvalue weighted by Gasteiger charge is 2.34. The third kappa shape index (κ3) is 3.96. The van der Waals surface area contributed by atoms with Gasteiger partial charge in [0.15, 0.2) is 0 Å². The van der Waals surface area contributed by atoms with Crippen LogP contribution in [-0.2, 0) is 4.74 Å². The molecule has 0 unspecified atom stereocenters. The van der Waals surface area contributed by atoms with E-state index in [0.717, 1.165) is 19.1 Å². The third-order valence-corrected chi connectivity index (χ3v) is 4.51. The molecule has 2 saturated carbocycles. The topological polar surface area (TPSA) is 21.3 Å². The lowest BCUT2D eigenvalue weighted by Crippen LogP contribution is -2.43. The fraction of sp³-hybridized carbons (Fsp3) is 1.00. The summed E-state index contributed by atoms with van der Waals surface area (Å²) in [5, 5.41) is 3.57. The molecular weight excluding hydrogens is 210 g/mol. The van der Waals surface area contributed by atoms with Gasteiger partial charge in [-0.25, -0.2) is 0 Å². The largest absolute Gasteiger partial charge is 0.374 e. The molecule has 100 valence electrons. The minimum atomic E-state index is 0.175. The van der Waals surface area contributed by atoms with Crippen molar-refractivity contribution in [3.8, 4) is 0 Å². The maximum absolute atomic E-state index is 6.28. The van der Waals surface area contributed by atoms with Crippen LogP contribution in [0.25, 0.3) is 0 Å². The lowest BCUT2D eigenvalue weighted by molar-refractivity contribution is -0.0481. The van der Waals surface area contributed by atoms with Crippen molar-refractivity contribution in [1.29, 1.82) is 0 Å². The Kier molecular flexibility index (Phi) is 4.87. The van der Waals surface area contributed by atoms with Crippen LogP contribution in [0.2, 0.25) is 0 Å². The van der Waals surface area contributed by atoms with E-state index in [1.807, 2.05) is 0 Å². The van der Waals surface area contributed by atoms with E-state index in [9.17, 15) is 0 Å². The van der Waals surface area contributed by atoms with Gasteiger partial charge in [-0.2, -0.15) is 0 Å². The summed E-state index contributed by atoms with van der Waals surface area (Å²) in [6, 6.07) is 0.572. The van der Waals surface area contributed by atoms with Crippen LogP contribution in [0.5, 0.6) is 0 Å². The SMILES string of the molecule is CC(C)NCC1(OCCC2CCC2)CCCC1. The molecule has 17 heavy (non-hydrogen) atoms. The van der Waals surface area contributed by atoms with Crippen LogP contribution >= 0.6 is 0 Å². The van der Waals surface area contributed by atoms with Gasteiger partial charge in [0, 0.05) is 19.2 Å². The first kappa shape index (κ1) is 13.4. The number of rotatable bonds is 7. The smallest absolute Gasteiger partial charge is 0.0806 e. The molecule has 0 aromatic rings. The normalized spacial score (nSPS) is 24.2. The fourth-order valence-electron chi connectivity index (χ4n) is 3.01. The quantitative estimate of drug-likeness (QED) is 0.734. The lowest BCUT2D eigenvalue weighted by Gasteiger charge is -2.33. The predicted octanol–water partition coefficient (Wildman–Crippen LogP) is 3.50. The molecule has 0 aromatic carbocycles. The summed E-state index contributed by atoms with van der Waals surface area (Å²) >= 11 is 0. The molecule has 0 aromatic heterocycles. The van der Waals surface area contributed by atoms with Crippen molar-refractivity contribution >= 4 is 0 Å². The first-order chi connectivity index (χ1) is 8.20. The Morgan fingerprint density at radius 1 is 1.18 bits per heavy atom. The van der Waals surface area contributed by atoms with E-state index in [0.29, 0.717) is 6.04 Å². The van der Waals surface area contributed by atoms with Gasteiger partial charge in [0.1, 0.15) is 0 Å². The van der Waals surface area contributed by atoms with Gasteiger partial charge in [0.05, 0.1) is 5.60 Å². The van der Waals surface area contributed by atoms with Crippen molar-refractivity contribution in [1.82, 2.24) is 5.32 Å². The van der Waals surface area contributed by atoms with E-state index < -0.39 is 0 Å². The summed E-state index contributed by atoms with van der Waals surface area (Å²) in [6.45, 7) is 6.48. The van der Waals surface area contributed by atoms with Crippen LogP contribution in [0, 0.1) is 5.92 Å². The highest BCUT2D eigenvalue weighted by Crippen LogP contribution is 2.34. The second kappa shape index (κ2) is 6.19. The highest BCUT2D eigenvalue weighted by atomic mass is 16.5. The first-order valence-corrected chi connectivity index (χ1v) is 7.58. The molecule has 1 N–H and O–H groups in total. The van der Waals surface area contributed by atoms with Crippen LogP contribution in [0.4, 0.5) is 0 Å². The van der Waals surface area contributed by atoms with Gasteiger partial charge in [-0.05, 0) is 25.2 Å². The van der Waals surface area contributed by atoms with E-state index in [1.54, 1.807) is 0 Å². The highest BCUT2D eigenvalue weighted by molar-refractivity contribution is 4.89. The Labute approximate surface area is 107 Å². The molecule has 0 atom stereocenters. The van der Waals surface area contributed by atoms with Crippen LogP contribution in [-0.4, -0.2) is 24.8 Å². The molecule has 0 saturated heterocycles. The summed E-state index contributed by atoms with van der Waals surface area (Å²) in [6.07, 6.45) is 10.9. The zero-order valence-corrected chi connectivity index (χ0v) is 11.6. The van der Waals surface area contributed by atoms with Crippen LogP contribution < -0.4 is 5.32 Å². The standard InChI is InChI=1S/C15H29NO/c1-13(2)16-12-15(9-3-4-10-15)17-11-8-14-6-5-7-14/h13-14,16H,3-12H2,1-2H3. The van der Waals surface area contributed by atoms with Gasteiger partial charge >= 0.3 is 0 Å². The molecule has 2 aliphatic carbocycles. The van der Waals surface area contributed by atoms with E-state index in [-0.39, 0.29) is 5.60 Å². The van der Waals surface area contributed by atoms with E-state index in [2.05, 4.69) is 19.2 Å². The van der Waals surface area contributed by atoms with Gasteiger partial charge in [0.2, 0.25) is 0 Å². The summed E-state index contributed by atoms with van der Waals surface area (Å²) in [5.74, 6) is 0.978. The number of ether oxygens (including phenoxy) is 1. The lowest BCUT2D eigenvalue weighted by atomic mass is 9.83. The molecule has 2 heteroatoms. The summed E-state index contributed by atoms with van der Waals surface area (Å²) in [4.78, 5) is 0. The maximum Gasteiger partial charge on any atom is 0.0806 e. The van der Waals surface area contributed by atoms with Crippen LogP contribution in [0.3, 0.4) is 0 Å². The second-order valence-electron chi connectivity index (χ2n) is 6.36. The molecule has 0 spiro atoms. The van der Waals surface area contributed by atoms with E-state index in [4.69, 9.17) is 4.74 Å². The van der Waals surface area contributed by atoms with E-state index in [1.165, 1.54) is 51.4 Å². The number of hydrogen-bond donors (Lipinski definition) is 1. The van der Waals surface area contributed by atoms with Crippen LogP contribution in [0.15, 0.2) is 0 Å². The Balaban J connectivity index is 1.70. The van der Waals surface area contributed by atoms with Crippen molar-refractivity contribution in [3.05, 3.63) is 0 Å². The maximum atomic E-state index is 6.28. The minimum Gasteiger partial charge on any atom is -0.374 e. The molecule has 0 radical (unpaired) electrons. The van der Waals surface area contributed by atoms with Gasteiger partial charge in [-0.15, -0.1) is 0 Å². The third-order valence-electron chi connectivity index (χ3n) is 4.51. The molecular formula is C15H29NO. The molecule has 2 rings (SSSR count). The average Bonchev–Trinajstić information content (AvgIpc) is 2.68. The molecule has 2 nitrogen and oxygen atoms in total. The molecule has 2 aliphatic rings. The Morgan fingerprint density at radius 3 is 2.41 bits per heavy atom. The van der Waals surface area contributed by atoms with Gasteiger partial charge in [-0.3, -0.25) is 0 Å². The summed E-state index contributed by atoms with van der Waals surface area (Å²) in [5.41, 5.74) is 0.175. The predicted molar refractivity (Wildman–Crippen MR) is 72.2 cm³/mol. The number of nitrogens with one attached hydrogen (secondary N) is 1. The van der Waals surface area contributed by atoms with Gasteiger partial charge < -0.3 is 10.1 Å². The summed E-state index contributed by atoms with van der Waals surface area (Å²) in [7, 11) is 0. The molecule has 0 heterocycles. The zero-order chi connectivity index (χ0) is 12.1. The fourth-order valence-corrected chi connectivity index (χ4v) is 3.01. The molecule has 0 bridgehead atoms. The number of hydrogen-bond acceptors (Lipinski definition) is 2. The minimum absolute atomic E-state index is 0.175. The van der Waals surface area contributed by atoms with Crippen molar-refractivity contribution < 1.29 is 4.74 Å². The van der Waals surface area contributed by atoms with Crippen molar-refractivity contribution in [2.24, 2.45) is 5.92 Å². The van der Waals surface area contributed by atoms with Crippen molar-refractivity contribution in [3.63, 3.8) is 0 Å². The first-order valence-electron chi connectivity index (χ1n) is 7.58. The monoisotopic (exact) mass is 239 g/mol. The van der Waals surface area contributed by atoms with E-state index >= 15 is 0 Å². The molecule has 0 amide bonds. The average molecular weight is 239 g/mol. The van der Waals surface area contributed by atoms with Gasteiger partial charge in [0.25, 0.3) is 0 Å². The summed E-state index contributed by atoms with van der Waals surface area (Å²) < 4.78 is 6.28. The Hall–Kier alpha value is -0.0800. The van der Waals surface area contributed by atoms with Crippen molar-refractivity contribution in [2.75, 3.05) is 13.2 Å². The Bertz CT molecular complexity index is 217. The zero-order valence-electron chi connectivity index (χ0n) is 11.6.